The van der Waals surface area contributed by atoms with E-state index in [2.05, 4.69) is 0 Å². The van der Waals surface area contributed by atoms with Crippen molar-refractivity contribution in [3.8, 4) is 0 Å². The lowest BCUT2D eigenvalue weighted by Crippen LogP contribution is -2.45. The maximum atomic E-state index is 11.6. The van der Waals surface area contributed by atoms with Gasteiger partial charge in [-0.2, -0.15) is 0 Å². The summed E-state index contributed by atoms with van der Waals surface area (Å²) in [4.78, 5) is 13.2. The van der Waals surface area contributed by atoms with Gasteiger partial charge in [-0.3, -0.25) is 4.79 Å². The summed E-state index contributed by atoms with van der Waals surface area (Å²) in [5.74, 6) is 0.138. The quantitative estimate of drug-likeness (QED) is 0.705. The second-order valence-electron chi connectivity index (χ2n) is 3.91. The van der Waals surface area contributed by atoms with E-state index in [-0.39, 0.29) is 23.5 Å². The molecule has 0 aromatic rings. The second-order valence-corrected chi connectivity index (χ2v) is 6.21. The Balaban J connectivity index is 2.43. The fourth-order valence-corrected chi connectivity index (χ4v) is 2.66. The van der Waals surface area contributed by atoms with Crippen molar-refractivity contribution in [3.05, 3.63) is 0 Å². The highest BCUT2D eigenvalue weighted by molar-refractivity contribution is 7.91. The molecule has 0 bridgehead atoms. The van der Waals surface area contributed by atoms with E-state index in [1.165, 1.54) is 0 Å². The van der Waals surface area contributed by atoms with Crippen LogP contribution in [0.5, 0.6) is 0 Å². The minimum Gasteiger partial charge on any atom is -0.341 e. The highest BCUT2D eigenvalue weighted by Gasteiger charge is 2.25. The van der Waals surface area contributed by atoms with E-state index in [9.17, 15) is 13.2 Å². The van der Waals surface area contributed by atoms with Crippen LogP contribution in [-0.2, 0) is 14.6 Å². The highest BCUT2D eigenvalue weighted by atomic mass is 32.2. The van der Waals surface area contributed by atoms with Crippen LogP contribution >= 0.6 is 0 Å². The Bertz CT molecular complexity index is 312. The smallest absolute Gasteiger partial charge is 0.224 e. The standard InChI is InChI=1S/C9H18N2O3S/c1-2-8(10)7-9(12)11-3-5-15(13,14)6-4-11/h8H,2-7,10H2,1H3. The number of rotatable bonds is 3. The van der Waals surface area contributed by atoms with Crippen LogP contribution in [0.25, 0.3) is 0 Å². The summed E-state index contributed by atoms with van der Waals surface area (Å²) in [6, 6.07) is -0.115. The number of nitrogens with zero attached hydrogens (tertiary/aromatic N) is 1. The summed E-state index contributed by atoms with van der Waals surface area (Å²) in [6.07, 6.45) is 1.08. The Labute approximate surface area is 90.5 Å². The van der Waals surface area contributed by atoms with E-state index < -0.39 is 9.84 Å². The van der Waals surface area contributed by atoms with E-state index in [4.69, 9.17) is 5.73 Å². The molecule has 1 aliphatic rings. The third-order valence-corrected chi connectivity index (χ3v) is 4.27. The molecule has 1 saturated heterocycles. The third-order valence-electron chi connectivity index (χ3n) is 2.66. The Morgan fingerprint density at radius 1 is 1.40 bits per heavy atom. The molecule has 0 aromatic heterocycles. The average molecular weight is 234 g/mol. The van der Waals surface area contributed by atoms with Crippen molar-refractivity contribution < 1.29 is 13.2 Å². The first-order valence-electron chi connectivity index (χ1n) is 5.18. The molecule has 0 spiro atoms. The van der Waals surface area contributed by atoms with Crippen molar-refractivity contribution in [1.29, 1.82) is 0 Å². The zero-order chi connectivity index (χ0) is 11.5. The number of sulfone groups is 1. The van der Waals surface area contributed by atoms with Crippen molar-refractivity contribution in [2.75, 3.05) is 24.6 Å². The molecule has 6 heteroatoms. The molecule has 2 N–H and O–H groups in total. The Morgan fingerprint density at radius 3 is 2.40 bits per heavy atom. The van der Waals surface area contributed by atoms with Crippen LogP contribution in [0.1, 0.15) is 19.8 Å². The van der Waals surface area contributed by atoms with Crippen molar-refractivity contribution in [2.45, 2.75) is 25.8 Å². The molecule has 1 unspecified atom stereocenters. The van der Waals surface area contributed by atoms with Gasteiger partial charge in [0.1, 0.15) is 0 Å². The first-order valence-corrected chi connectivity index (χ1v) is 7.00. The van der Waals surface area contributed by atoms with Crippen LogP contribution in [-0.4, -0.2) is 49.9 Å². The zero-order valence-electron chi connectivity index (χ0n) is 8.98. The summed E-state index contributed by atoms with van der Waals surface area (Å²) in [6.45, 7) is 2.56. The van der Waals surface area contributed by atoms with Gasteiger partial charge in [0.25, 0.3) is 0 Å². The molecule has 1 atom stereocenters. The summed E-state index contributed by atoms with van der Waals surface area (Å²) in [7, 11) is -2.91. The number of hydrogen-bond donors (Lipinski definition) is 1. The van der Waals surface area contributed by atoms with Crippen LogP contribution in [0.15, 0.2) is 0 Å². The molecule has 0 saturated carbocycles. The van der Waals surface area contributed by atoms with E-state index in [0.29, 0.717) is 19.5 Å². The molecule has 88 valence electrons. The Hall–Kier alpha value is -0.620. The first kappa shape index (κ1) is 12.4. The maximum absolute atomic E-state index is 11.6. The third kappa shape index (κ3) is 3.79. The molecule has 5 nitrogen and oxygen atoms in total. The average Bonchev–Trinajstić information content (AvgIpc) is 2.17. The van der Waals surface area contributed by atoms with Gasteiger partial charge in [-0.1, -0.05) is 6.92 Å². The lowest BCUT2D eigenvalue weighted by atomic mass is 10.1. The normalized spacial score (nSPS) is 22.4. The van der Waals surface area contributed by atoms with Gasteiger partial charge in [0, 0.05) is 25.6 Å². The molecule has 1 rings (SSSR count). The van der Waals surface area contributed by atoms with Gasteiger partial charge in [-0.15, -0.1) is 0 Å². The van der Waals surface area contributed by atoms with Crippen molar-refractivity contribution >= 4 is 15.7 Å². The molecule has 0 aromatic carbocycles. The summed E-state index contributed by atoms with van der Waals surface area (Å²) in [5, 5.41) is 0. The lowest BCUT2D eigenvalue weighted by molar-refractivity contribution is -0.131. The zero-order valence-corrected chi connectivity index (χ0v) is 9.79. The van der Waals surface area contributed by atoms with Gasteiger partial charge in [0.15, 0.2) is 9.84 Å². The predicted molar refractivity (Wildman–Crippen MR) is 58.1 cm³/mol. The number of carbonyl (C=O) groups excluding carboxylic acids is 1. The molecule has 15 heavy (non-hydrogen) atoms. The van der Waals surface area contributed by atoms with Crippen molar-refractivity contribution in [3.63, 3.8) is 0 Å². The van der Waals surface area contributed by atoms with Crippen LogP contribution in [0.3, 0.4) is 0 Å². The second kappa shape index (κ2) is 4.94. The van der Waals surface area contributed by atoms with Gasteiger partial charge >= 0.3 is 0 Å². The predicted octanol–water partition coefficient (Wildman–Crippen LogP) is -0.629. The van der Waals surface area contributed by atoms with Crippen molar-refractivity contribution in [2.24, 2.45) is 5.73 Å². The molecule has 0 aliphatic carbocycles. The molecule has 1 amide bonds. The molecule has 0 radical (unpaired) electrons. The van der Waals surface area contributed by atoms with Crippen LogP contribution in [0.4, 0.5) is 0 Å². The number of nitrogens with two attached hydrogens (primary N) is 1. The van der Waals surface area contributed by atoms with Crippen LogP contribution in [0.2, 0.25) is 0 Å². The molecule has 1 fully saturated rings. The molecular formula is C9H18N2O3S. The lowest BCUT2D eigenvalue weighted by Gasteiger charge is -2.27. The Morgan fingerprint density at radius 2 is 1.93 bits per heavy atom. The Kier molecular flexibility index (Phi) is 4.10. The van der Waals surface area contributed by atoms with Gasteiger partial charge in [-0.25, -0.2) is 8.42 Å². The highest BCUT2D eigenvalue weighted by Crippen LogP contribution is 2.07. The topological polar surface area (TPSA) is 80.5 Å². The van der Waals surface area contributed by atoms with Crippen LogP contribution in [0, 0.1) is 0 Å². The molecular weight excluding hydrogens is 216 g/mol. The maximum Gasteiger partial charge on any atom is 0.224 e. The largest absolute Gasteiger partial charge is 0.341 e. The van der Waals surface area contributed by atoms with Crippen LogP contribution < -0.4 is 5.73 Å². The van der Waals surface area contributed by atoms with Crippen molar-refractivity contribution in [1.82, 2.24) is 4.90 Å². The van der Waals surface area contributed by atoms with E-state index in [0.717, 1.165) is 6.42 Å². The number of hydrogen-bond acceptors (Lipinski definition) is 4. The number of carbonyl (C=O) groups is 1. The van der Waals surface area contributed by atoms with Gasteiger partial charge < -0.3 is 10.6 Å². The van der Waals surface area contributed by atoms with E-state index in [1.54, 1.807) is 4.90 Å². The fraction of sp³-hybridized carbons (Fsp3) is 0.889. The summed E-state index contributed by atoms with van der Waals surface area (Å²) in [5.41, 5.74) is 5.67. The molecule has 1 heterocycles. The molecule has 1 aliphatic heterocycles. The SMILES string of the molecule is CCC(N)CC(=O)N1CCS(=O)(=O)CC1. The minimum atomic E-state index is -2.91. The fourth-order valence-electron chi connectivity index (χ4n) is 1.46. The van der Waals surface area contributed by atoms with Gasteiger partial charge in [-0.05, 0) is 6.42 Å². The van der Waals surface area contributed by atoms with Gasteiger partial charge in [0.2, 0.25) is 5.91 Å². The monoisotopic (exact) mass is 234 g/mol. The number of amides is 1. The first-order chi connectivity index (χ1) is 6.94. The van der Waals surface area contributed by atoms with E-state index >= 15 is 0 Å². The minimum absolute atomic E-state index is 0.0285. The van der Waals surface area contributed by atoms with E-state index in [1.807, 2.05) is 6.92 Å². The summed E-state index contributed by atoms with van der Waals surface area (Å²) >= 11 is 0. The van der Waals surface area contributed by atoms with Gasteiger partial charge in [0.05, 0.1) is 11.5 Å². The summed E-state index contributed by atoms with van der Waals surface area (Å²) < 4.78 is 22.3.